The second-order valence-corrected chi connectivity index (χ2v) is 5.29. The van der Waals surface area contributed by atoms with Gasteiger partial charge in [-0.25, -0.2) is 4.39 Å². The van der Waals surface area contributed by atoms with E-state index in [0.717, 1.165) is 10.9 Å². The molecular formula is C12H14BrFO2. The van der Waals surface area contributed by atoms with Crippen molar-refractivity contribution in [3.63, 3.8) is 0 Å². The summed E-state index contributed by atoms with van der Waals surface area (Å²) in [5, 5.41) is 9.41. The van der Waals surface area contributed by atoms with Crippen LogP contribution in [-0.2, 0) is 11.2 Å². The number of aliphatic hydroxyl groups excluding tert-OH is 1. The maximum atomic E-state index is 13.7. The first kappa shape index (κ1) is 12.0. The number of hydrogen-bond donors (Lipinski definition) is 1. The van der Waals surface area contributed by atoms with Crippen molar-refractivity contribution in [1.82, 2.24) is 0 Å². The van der Waals surface area contributed by atoms with Crippen molar-refractivity contribution in [3.05, 3.63) is 34.1 Å². The molecule has 16 heavy (non-hydrogen) atoms. The lowest BCUT2D eigenvalue weighted by atomic mass is 9.82. The quantitative estimate of drug-likeness (QED) is 0.926. The predicted molar refractivity (Wildman–Crippen MR) is 62.8 cm³/mol. The molecule has 1 heterocycles. The number of aliphatic hydroxyl groups is 1. The van der Waals surface area contributed by atoms with E-state index in [4.69, 9.17) is 4.74 Å². The van der Waals surface area contributed by atoms with Gasteiger partial charge >= 0.3 is 0 Å². The minimum Gasteiger partial charge on any atom is -0.396 e. The second kappa shape index (κ2) is 4.82. The van der Waals surface area contributed by atoms with Crippen LogP contribution in [0.4, 0.5) is 4.39 Å². The largest absolute Gasteiger partial charge is 0.396 e. The minimum atomic E-state index is -0.297. The van der Waals surface area contributed by atoms with Gasteiger partial charge in [0.1, 0.15) is 5.82 Å². The summed E-state index contributed by atoms with van der Waals surface area (Å²) in [6.45, 7) is 1.21. The Kier molecular flexibility index (Phi) is 3.62. The average Bonchev–Trinajstić information content (AvgIpc) is 2.72. The molecule has 0 spiro atoms. The molecule has 1 fully saturated rings. The molecule has 0 aromatic heterocycles. The van der Waals surface area contributed by atoms with Crippen molar-refractivity contribution in [3.8, 4) is 0 Å². The Morgan fingerprint density at radius 1 is 1.50 bits per heavy atom. The van der Waals surface area contributed by atoms with Crippen molar-refractivity contribution in [1.29, 1.82) is 0 Å². The molecule has 1 aliphatic heterocycles. The van der Waals surface area contributed by atoms with Gasteiger partial charge in [0.15, 0.2) is 0 Å². The lowest BCUT2D eigenvalue weighted by Gasteiger charge is -2.24. The second-order valence-electron chi connectivity index (χ2n) is 4.37. The number of ether oxygens (including phenoxy) is 1. The van der Waals surface area contributed by atoms with E-state index in [1.165, 1.54) is 6.07 Å². The Balaban J connectivity index is 2.19. The number of hydrogen-bond acceptors (Lipinski definition) is 2. The third kappa shape index (κ3) is 2.44. The van der Waals surface area contributed by atoms with Crippen LogP contribution in [0.15, 0.2) is 22.7 Å². The smallest absolute Gasteiger partial charge is 0.127 e. The number of benzene rings is 1. The highest BCUT2D eigenvalue weighted by atomic mass is 79.9. The maximum absolute atomic E-state index is 13.7. The molecule has 1 atom stereocenters. The van der Waals surface area contributed by atoms with E-state index in [1.54, 1.807) is 6.07 Å². The van der Waals surface area contributed by atoms with E-state index >= 15 is 0 Å². The van der Waals surface area contributed by atoms with Gasteiger partial charge in [0.2, 0.25) is 0 Å². The van der Waals surface area contributed by atoms with Crippen LogP contribution in [0.2, 0.25) is 0 Å². The van der Waals surface area contributed by atoms with Gasteiger partial charge in [-0.05, 0) is 30.5 Å². The average molecular weight is 289 g/mol. The SMILES string of the molecule is OCC1(Cc2ccc(Br)cc2F)CCOC1. The molecule has 0 saturated carbocycles. The molecule has 0 bridgehead atoms. The minimum absolute atomic E-state index is 0.0442. The molecular weight excluding hydrogens is 275 g/mol. The Morgan fingerprint density at radius 2 is 2.31 bits per heavy atom. The van der Waals surface area contributed by atoms with E-state index in [2.05, 4.69) is 15.9 Å². The summed E-state index contributed by atoms with van der Waals surface area (Å²) >= 11 is 3.23. The zero-order valence-corrected chi connectivity index (χ0v) is 10.5. The molecule has 1 unspecified atom stereocenters. The molecule has 1 aliphatic rings. The van der Waals surface area contributed by atoms with Gasteiger partial charge in [-0.2, -0.15) is 0 Å². The summed E-state index contributed by atoms with van der Waals surface area (Å²) in [5.74, 6) is -0.228. The van der Waals surface area contributed by atoms with Crippen LogP contribution in [0, 0.1) is 11.2 Å². The van der Waals surface area contributed by atoms with Crippen LogP contribution in [-0.4, -0.2) is 24.9 Å². The molecule has 2 rings (SSSR count). The van der Waals surface area contributed by atoms with Crippen molar-refractivity contribution in [2.24, 2.45) is 5.41 Å². The summed E-state index contributed by atoms with van der Waals surface area (Å²) < 4.78 is 19.7. The van der Waals surface area contributed by atoms with E-state index in [0.29, 0.717) is 25.2 Å². The molecule has 0 radical (unpaired) electrons. The highest BCUT2D eigenvalue weighted by Crippen LogP contribution is 2.33. The molecule has 2 nitrogen and oxygen atoms in total. The van der Waals surface area contributed by atoms with Crippen LogP contribution in [0.3, 0.4) is 0 Å². The Morgan fingerprint density at radius 3 is 2.88 bits per heavy atom. The Hall–Kier alpha value is -0.450. The van der Waals surface area contributed by atoms with E-state index < -0.39 is 0 Å². The molecule has 0 amide bonds. The van der Waals surface area contributed by atoms with Gasteiger partial charge < -0.3 is 9.84 Å². The van der Waals surface area contributed by atoms with Gasteiger partial charge in [0.25, 0.3) is 0 Å². The predicted octanol–water partition coefficient (Wildman–Crippen LogP) is 2.53. The fraction of sp³-hybridized carbons (Fsp3) is 0.500. The Bertz CT molecular complexity index is 375. The summed E-state index contributed by atoms with van der Waals surface area (Å²) in [5.41, 5.74) is 0.344. The van der Waals surface area contributed by atoms with Crippen LogP contribution in [0.5, 0.6) is 0 Å². The molecule has 1 saturated heterocycles. The molecule has 4 heteroatoms. The normalized spacial score (nSPS) is 24.9. The van der Waals surface area contributed by atoms with Gasteiger partial charge in [-0.3, -0.25) is 0 Å². The summed E-state index contributed by atoms with van der Waals surface area (Å²) in [6.07, 6.45) is 1.32. The van der Waals surface area contributed by atoms with Crippen LogP contribution >= 0.6 is 15.9 Å². The van der Waals surface area contributed by atoms with Gasteiger partial charge in [0.05, 0.1) is 13.2 Å². The maximum Gasteiger partial charge on any atom is 0.127 e. The van der Waals surface area contributed by atoms with E-state index in [1.807, 2.05) is 6.07 Å². The summed E-state index contributed by atoms with van der Waals surface area (Å²) in [4.78, 5) is 0. The van der Waals surface area contributed by atoms with Crippen molar-refractivity contribution in [2.75, 3.05) is 19.8 Å². The standard InChI is InChI=1S/C12H14BrFO2/c13-10-2-1-9(11(14)5-10)6-12(7-15)3-4-16-8-12/h1-2,5,15H,3-4,6-8H2. The highest BCUT2D eigenvalue weighted by Gasteiger charge is 2.35. The van der Waals surface area contributed by atoms with Crippen molar-refractivity contribution < 1.29 is 14.2 Å². The van der Waals surface area contributed by atoms with Crippen molar-refractivity contribution in [2.45, 2.75) is 12.8 Å². The van der Waals surface area contributed by atoms with Gasteiger partial charge in [-0.15, -0.1) is 0 Å². The first-order chi connectivity index (χ1) is 7.65. The van der Waals surface area contributed by atoms with Crippen LogP contribution in [0.25, 0.3) is 0 Å². The number of halogens is 2. The van der Waals surface area contributed by atoms with Gasteiger partial charge in [-0.1, -0.05) is 22.0 Å². The zero-order chi connectivity index (χ0) is 11.6. The molecule has 88 valence electrons. The molecule has 1 aromatic rings. The molecule has 1 aromatic carbocycles. The summed E-state index contributed by atoms with van der Waals surface area (Å²) in [6, 6.07) is 5.03. The molecule has 0 aliphatic carbocycles. The lowest BCUT2D eigenvalue weighted by Crippen LogP contribution is -2.28. The van der Waals surface area contributed by atoms with Crippen molar-refractivity contribution >= 4 is 15.9 Å². The topological polar surface area (TPSA) is 29.5 Å². The third-order valence-electron chi connectivity index (χ3n) is 3.10. The Labute approximate surface area is 103 Å². The first-order valence-corrected chi connectivity index (χ1v) is 6.07. The summed E-state index contributed by atoms with van der Waals surface area (Å²) in [7, 11) is 0. The number of rotatable bonds is 3. The van der Waals surface area contributed by atoms with E-state index in [9.17, 15) is 9.50 Å². The highest BCUT2D eigenvalue weighted by molar-refractivity contribution is 9.10. The lowest BCUT2D eigenvalue weighted by molar-refractivity contribution is 0.0929. The fourth-order valence-corrected chi connectivity index (χ4v) is 2.37. The van der Waals surface area contributed by atoms with Crippen LogP contribution in [0.1, 0.15) is 12.0 Å². The fourth-order valence-electron chi connectivity index (χ4n) is 2.04. The van der Waals surface area contributed by atoms with Crippen LogP contribution < -0.4 is 0 Å². The monoisotopic (exact) mass is 288 g/mol. The van der Waals surface area contributed by atoms with E-state index in [-0.39, 0.29) is 17.8 Å². The third-order valence-corrected chi connectivity index (χ3v) is 3.59. The van der Waals surface area contributed by atoms with Gasteiger partial charge in [0, 0.05) is 16.5 Å². The molecule has 1 N–H and O–H groups in total. The zero-order valence-electron chi connectivity index (χ0n) is 8.88. The first-order valence-electron chi connectivity index (χ1n) is 5.28.